The number of aliphatic carboxylic acids is 1. The molecular weight excluding hydrogens is 344 g/mol. The Balaban J connectivity index is 1.77. The van der Waals surface area contributed by atoms with Crippen molar-refractivity contribution in [3.05, 3.63) is 72.3 Å². The summed E-state index contributed by atoms with van der Waals surface area (Å²) in [7, 11) is 0. The molecule has 2 amide bonds. The second kappa shape index (κ2) is 8.31. The molecule has 0 spiro atoms. The van der Waals surface area contributed by atoms with Gasteiger partial charge in [-0.25, -0.2) is 0 Å². The molecule has 0 radical (unpaired) electrons. The van der Waals surface area contributed by atoms with Gasteiger partial charge in [0.1, 0.15) is 0 Å². The Morgan fingerprint density at radius 2 is 1.44 bits per heavy atom. The molecule has 0 aromatic heterocycles. The number of carbonyl (C=O) groups is 3. The molecule has 0 saturated carbocycles. The number of allylic oxidation sites excluding steroid dienone is 2. The second-order valence-electron chi connectivity index (χ2n) is 6.35. The molecule has 2 atom stereocenters. The highest BCUT2D eigenvalue weighted by Gasteiger charge is 2.34. The lowest BCUT2D eigenvalue weighted by molar-refractivity contribution is -0.146. The fourth-order valence-electron chi connectivity index (χ4n) is 3.11. The maximum Gasteiger partial charge on any atom is 0.307 e. The quantitative estimate of drug-likeness (QED) is 0.707. The second-order valence-corrected chi connectivity index (χ2v) is 6.35. The Kier molecular flexibility index (Phi) is 5.66. The van der Waals surface area contributed by atoms with Gasteiger partial charge < -0.3 is 15.7 Å². The number of amides is 2. The zero-order valence-corrected chi connectivity index (χ0v) is 14.6. The van der Waals surface area contributed by atoms with Crippen LogP contribution in [0.25, 0.3) is 0 Å². The van der Waals surface area contributed by atoms with E-state index in [2.05, 4.69) is 10.6 Å². The van der Waals surface area contributed by atoms with Crippen LogP contribution in [0, 0.1) is 11.8 Å². The molecule has 138 valence electrons. The first-order valence-corrected chi connectivity index (χ1v) is 8.70. The molecule has 2 unspecified atom stereocenters. The van der Waals surface area contributed by atoms with Crippen LogP contribution < -0.4 is 10.6 Å². The molecule has 2 aromatic rings. The molecule has 3 N–H and O–H groups in total. The van der Waals surface area contributed by atoms with Crippen LogP contribution in [0.2, 0.25) is 0 Å². The van der Waals surface area contributed by atoms with Crippen LogP contribution in [0.3, 0.4) is 0 Å². The molecule has 1 aliphatic carbocycles. The van der Waals surface area contributed by atoms with Crippen LogP contribution in [0.4, 0.5) is 11.4 Å². The monoisotopic (exact) mass is 364 g/mol. The Morgan fingerprint density at radius 3 is 2.15 bits per heavy atom. The minimum atomic E-state index is -0.991. The molecule has 27 heavy (non-hydrogen) atoms. The standard InChI is InChI=1S/C21H20N2O4/c24-19(15-10-4-5-11-16(15)21(26)27)23-18-13-7-6-12-17(18)20(25)22-14-8-2-1-3-9-14/h1-9,12-13,15-16H,10-11H2,(H,22,25)(H,23,24)(H,26,27). The van der Waals surface area contributed by atoms with Crippen molar-refractivity contribution >= 4 is 29.2 Å². The first kappa shape index (κ1) is 18.4. The van der Waals surface area contributed by atoms with Gasteiger partial charge in [-0.15, -0.1) is 0 Å². The number of carboxylic acid groups (broad SMARTS) is 1. The number of anilines is 2. The van der Waals surface area contributed by atoms with E-state index >= 15 is 0 Å². The maximum absolute atomic E-state index is 12.7. The van der Waals surface area contributed by atoms with Crippen LogP contribution in [0.5, 0.6) is 0 Å². The van der Waals surface area contributed by atoms with Gasteiger partial charge in [-0.05, 0) is 37.1 Å². The van der Waals surface area contributed by atoms with Crippen LogP contribution in [-0.2, 0) is 9.59 Å². The van der Waals surface area contributed by atoms with Gasteiger partial charge in [-0.1, -0.05) is 42.5 Å². The highest BCUT2D eigenvalue weighted by molar-refractivity contribution is 6.10. The third-order valence-corrected chi connectivity index (χ3v) is 4.55. The molecule has 0 bridgehead atoms. The Morgan fingerprint density at radius 1 is 0.815 bits per heavy atom. The summed E-state index contributed by atoms with van der Waals surface area (Å²) in [6, 6.07) is 15.7. The molecule has 1 aliphatic rings. The van der Waals surface area contributed by atoms with Gasteiger partial charge in [0.25, 0.3) is 5.91 Å². The molecule has 0 saturated heterocycles. The SMILES string of the molecule is O=C(Nc1ccccc1)c1ccccc1NC(=O)C1CC=CCC1C(=O)O. The van der Waals surface area contributed by atoms with Gasteiger partial charge in [-0.2, -0.15) is 0 Å². The summed E-state index contributed by atoms with van der Waals surface area (Å²) < 4.78 is 0. The van der Waals surface area contributed by atoms with E-state index in [1.807, 2.05) is 24.3 Å². The van der Waals surface area contributed by atoms with Crippen molar-refractivity contribution in [2.45, 2.75) is 12.8 Å². The number of hydrogen-bond acceptors (Lipinski definition) is 3. The highest BCUT2D eigenvalue weighted by Crippen LogP contribution is 2.28. The van der Waals surface area contributed by atoms with Crippen LogP contribution in [0.15, 0.2) is 66.7 Å². The van der Waals surface area contributed by atoms with Gasteiger partial charge in [0.05, 0.1) is 23.1 Å². The largest absolute Gasteiger partial charge is 0.481 e. The van der Waals surface area contributed by atoms with Crippen molar-refractivity contribution in [2.24, 2.45) is 11.8 Å². The molecular formula is C21H20N2O4. The number of benzene rings is 2. The van der Waals surface area contributed by atoms with Gasteiger partial charge in [0, 0.05) is 5.69 Å². The smallest absolute Gasteiger partial charge is 0.307 e. The van der Waals surface area contributed by atoms with Crippen LogP contribution in [0.1, 0.15) is 23.2 Å². The number of nitrogens with one attached hydrogen (secondary N) is 2. The van der Waals surface area contributed by atoms with Crippen molar-refractivity contribution < 1.29 is 19.5 Å². The summed E-state index contributed by atoms with van der Waals surface area (Å²) in [6.45, 7) is 0. The molecule has 6 nitrogen and oxygen atoms in total. The number of carbonyl (C=O) groups excluding carboxylic acids is 2. The predicted octanol–water partition coefficient (Wildman–Crippen LogP) is 3.54. The lowest BCUT2D eigenvalue weighted by Crippen LogP contribution is -2.35. The summed E-state index contributed by atoms with van der Waals surface area (Å²) in [5, 5.41) is 14.9. The minimum Gasteiger partial charge on any atom is -0.481 e. The van der Waals surface area contributed by atoms with E-state index in [-0.39, 0.29) is 5.91 Å². The minimum absolute atomic E-state index is 0.313. The molecule has 2 aromatic carbocycles. The van der Waals surface area contributed by atoms with Crippen molar-refractivity contribution in [3.8, 4) is 0 Å². The lowest BCUT2D eigenvalue weighted by atomic mass is 9.82. The number of hydrogen-bond donors (Lipinski definition) is 3. The summed E-state index contributed by atoms with van der Waals surface area (Å²) in [5.41, 5.74) is 1.31. The highest BCUT2D eigenvalue weighted by atomic mass is 16.4. The number of carboxylic acids is 1. The van der Waals surface area contributed by atoms with E-state index in [9.17, 15) is 19.5 Å². The lowest BCUT2D eigenvalue weighted by Gasteiger charge is -2.24. The van der Waals surface area contributed by atoms with E-state index in [1.54, 1.807) is 42.5 Å². The van der Waals surface area contributed by atoms with Gasteiger partial charge in [-0.3, -0.25) is 14.4 Å². The van der Waals surface area contributed by atoms with Gasteiger partial charge in [0.2, 0.25) is 5.91 Å². The molecule has 0 fully saturated rings. The van der Waals surface area contributed by atoms with Crippen LogP contribution in [-0.4, -0.2) is 22.9 Å². The average molecular weight is 364 g/mol. The first-order chi connectivity index (χ1) is 13.1. The Labute approximate surface area is 156 Å². The van der Waals surface area contributed by atoms with Crippen molar-refractivity contribution in [3.63, 3.8) is 0 Å². The molecule has 0 heterocycles. The predicted molar refractivity (Wildman–Crippen MR) is 102 cm³/mol. The van der Waals surface area contributed by atoms with Gasteiger partial charge in [0.15, 0.2) is 0 Å². The van der Waals surface area contributed by atoms with Crippen molar-refractivity contribution in [1.82, 2.24) is 0 Å². The zero-order valence-electron chi connectivity index (χ0n) is 14.6. The zero-order chi connectivity index (χ0) is 19.2. The van der Waals surface area contributed by atoms with Crippen molar-refractivity contribution in [1.29, 1.82) is 0 Å². The average Bonchev–Trinajstić information content (AvgIpc) is 2.69. The number of rotatable bonds is 5. The van der Waals surface area contributed by atoms with Gasteiger partial charge >= 0.3 is 5.97 Å². The topological polar surface area (TPSA) is 95.5 Å². The fourth-order valence-corrected chi connectivity index (χ4v) is 3.11. The van der Waals surface area contributed by atoms with E-state index in [0.29, 0.717) is 29.8 Å². The normalized spacial score (nSPS) is 18.5. The third-order valence-electron chi connectivity index (χ3n) is 4.55. The molecule has 3 rings (SSSR count). The fraction of sp³-hybridized carbons (Fsp3) is 0.190. The van der Waals surface area contributed by atoms with Crippen molar-refractivity contribution in [2.75, 3.05) is 10.6 Å². The van der Waals surface area contributed by atoms with Crippen LogP contribution >= 0.6 is 0 Å². The first-order valence-electron chi connectivity index (χ1n) is 8.70. The third kappa shape index (κ3) is 4.41. The summed E-state index contributed by atoms with van der Waals surface area (Å²) in [6.07, 6.45) is 4.28. The Bertz CT molecular complexity index is 877. The Hall–Kier alpha value is -3.41. The molecule has 6 heteroatoms. The summed E-state index contributed by atoms with van der Waals surface area (Å²) in [5.74, 6) is -3.17. The molecule has 0 aliphatic heterocycles. The van der Waals surface area contributed by atoms with E-state index in [4.69, 9.17) is 0 Å². The summed E-state index contributed by atoms with van der Waals surface area (Å²) >= 11 is 0. The van der Waals surface area contributed by atoms with E-state index < -0.39 is 23.7 Å². The number of para-hydroxylation sites is 2. The maximum atomic E-state index is 12.7. The summed E-state index contributed by atoms with van der Waals surface area (Å²) in [4.78, 5) is 36.7. The van der Waals surface area contributed by atoms with E-state index in [0.717, 1.165) is 0 Å². The van der Waals surface area contributed by atoms with E-state index in [1.165, 1.54) is 0 Å².